The van der Waals surface area contributed by atoms with E-state index in [1.165, 1.54) is 0 Å². The summed E-state index contributed by atoms with van der Waals surface area (Å²) in [5.74, 6) is 3.70. The largest absolute Gasteiger partial charge is 0.385 e. The highest BCUT2D eigenvalue weighted by Gasteiger charge is 2.20. The monoisotopic (exact) mass is 514 g/mol. The van der Waals surface area contributed by atoms with Crippen molar-refractivity contribution >= 4 is 35.8 Å². The molecule has 0 aromatic carbocycles. The molecule has 0 bridgehead atoms. The molecule has 0 radical (unpaired) electrons. The molecule has 0 atom stereocenters. The van der Waals surface area contributed by atoms with Gasteiger partial charge < -0.3 is 24.4 Å². The number of nitrogens with zero attached hydrogens (tertiary/aromatic N) is 7. The first kappa shape index (κ1) is 23.3. The maximum absolute atomic E-state index is 5.15. The smallest absolute Gasteiger partial charge is 0.194 e. The maximum Gasteiger partial charge on any atom is 0.194 e. The van der Waals surface area contributed by atoms with Crippen LogP contribution in [0.2, 0.25) is 0 Å². The van der Waals surface area contributed by atoms with Crippen LogP contribution in [0.5, 0.6) is 0 Å². The number of guanidine groups is 1. The predicted molar refractivity (Wildman–Crippen MR) is 125 cm³/mol. The minimum absolute atomic E-state index is 0. The van der Waals surface area contributed by atoms with Gasteiger partial charge in [-0.05, 0) is 25.5 Å². The highest BCUT2D eigenvalue weighted by molar-refractivity contribution is 14.0. The van der Waals surface area contributed by atoms with Gasteiger partial charge in [-0.25, -0.2) is 9.98 Å². The van der Waals surface area contributed by atoms with Crippen LogP contribution in [-0.4, -0.2) is 77.0 Å². The maximum atomic E-state index is 5.15. The Morgan fingerprint density at radius 3 is 2.62 bits per heavy atom. The zero-order valence-corrected chi connectivity index (χ0v) is 19.7. The van der Waals surface area contributed by atoms with Crippen LogP contribution < -0.4 is 10.2 Å². The van der Waals surface area contributed by atoms with Gasteiger partial charge in [0.05, 0.1) is 0 Å². The molecule has 3 heterocycles. The molecule has 3 rings (SSSR count). The number of piperazine rings is 1. The van der Waals surface area contributed by atoms with Crippen molar-refractivity contribution in [3.8, 4) is 0 Å². The minimum atomic E-state index is 0. The van der Waals surface area contributed by atoms with E-state index < -0.39 is 0 Å². The Morgan fingerprint density at radius 1 is 1.21 bits per heavy atom. The lowest BCUT2D eigenvalue weighted by Gasteiger charge is -2.37. The van der Waals surface area contributed by atoms with Gasteiger partial charge in [-0.15, -0.1) is 34.2 Å². The van der Waals surface area contributed by atoms with Crippen molar-refractivity contribution in [2.45, 2.75) is 19.9 Å². The van der Waals surface area contributed by atoms with Crippen LogP contribution in [0.25, 0.3) is 0 Å². The summed E-state index contributed by atoms with van der Waals surface area (Å²) in [5, 5.41) is 11.8. The molecule has 1 aliphatic rings. The highest BCUT2D eigenvalue weighted by Crippen LogP contribution is 2.13. The van der Waals surface area contributed by atoms with Gasteiger partial charge in [0.25, 0.3) is 0 Å². The first-order valence-electron chi connectivity index (χ1n) is 9.72. The SMILES string of the molecule is COCCCNC(=NCc1nnc(C)n1C)N1CCN(c2ccccn2)CC1.I. The second-order valence-electron chi connectivity index (χ2n) is 6.80. The predicted octanol–water partition coefficient (Wildman–Crippen LogP) is 1.44. The lowest BCUT2D eigenvalue weighted by Crippen LogP contribution is -2.53. The number of aryl methyl sites for hydroxylation is 1. The van der Waals surface area contributed by atoms with Crippen molar-refractivity contribution in [1.82, 2.24) is 30.0 Å². The molecule has 1 saturated heterocycles. The first-order valence-corrected chi connectivity index (χ1v) is 9.72. The van der Waals surface area contributed by atoms with Crippen LogP contribution >= 0.6 is 24.0 Å². The zero-order chi connectivity index (χ0) is 19.8. The molecular formula is C19H31IN8O. The summed E-state index contributed by atoms with van der Waals surface area (Å²) in [6.07, 6.45) is 2.78. The first-order chi connectivity index (χ1) is 13.7. The fourth-order valence-corrected chi connectivity index (χ4v) is 3.11. The van der Waals surface area contributed by atoms with E-state index in [-0.39, 0.29) is 24.0 Å². The van der Waals surface area contributed by atoms with Gasteiger partial charge >= 0.3 is 0 Å². The van der Waals surface area contributed by atoms with Crippen molar-refractivity contribution in [2.24, 2.45) is 12.0 Å². The molecule has 1 N–H and O–H groups in total. The number of hydrogen-bond donors (Lipinski definition) is 1. The van der Waals surface area contributed by atoms with E-state index in [4.69, 9.17) is 9.73 Å². The summed E-state index contributed by atoms with van der Waals surface area (Å²) < 4.78 is 7.13. The molecule has 160 valence electrons. The number of nitrogens with one attached hydrogen (secondary N) is 1. The van der Waals surface area contributed by atoms with Crippen LogP contribution in [-0.2, 0) is 18.3 Å². The fraction of sp³-hybridized carbons (Fsp3) is 0.579. The minimum Gasteiger partial charge on any atom is -0.385 e. The summed E-state index contributed by atoms with van der Waals surface area (Å²) >= 11 is 0. The summed E-state index contributed by atoms with van der Waals surface area (Å²) in [6, 6.07) is 6.04. The average molecular weight is 514 g/mol. The van der Waals surface area contributed by atoms with E-state index >= 15 is 0 Å². The fourth-order valence-electron chi connectivity index (χ4n) is 3.11. The molecule has 0 aliphatic carbocycles. The number of halogens is 1. The van der Waals surface area contributed by atoms with Gasteiger partial charge in [0, 0.05) is 59.7 Å². The van der Waals surface area contributed by atoms with Crippen LogP contribution in [0, 0.1) is 6.92 Å². The Bertz CT molecular complexity index is 759. The molecule has 2 aromatic heterocycles. The van der Waals surface area contributed by atoms with Crippen LogP contribution in [0.4, 0.5) is 5.82 Å². The van der Waals surface area contributed by atoms with Gasteiger partial charge in [0.2, 0.25) is 0 Å². The number of pyridine rings is 1. The Kier molecular flexibility index (Phi) is 9.58. The van der Waals surface area contributed by atoms with Gasteiger partial charge in [-0.1, -0.05) is 6.07 Å². The van der Waals surface area contributed by atoms with Gasteiger partial charge in [-0.2, -0.15) is 0 Å². The number of ether oxygens (including phenoxy) is 1. The Balaban J connectivity index is 0.00000300. The van der Waals surface area contributed by atoms with E-state index in [9.17, 15) is 0 Å². The number of methoxy groups -OCH3 is 1. The molecule has 0 amide bonds. The lowest BCUT2D eigenvalue weighted by molar-refractivity contribution is 0.195. The number of rotatable bonds is 7. The molecule has 0 unspecified atom stereocenters. The third kappa shape index (κ3) is 6.53. The van der Waals surface area contributed by atoms with E-state index in [2.05, 4.69) is 36.4 Å². The zero-order valence-electron chi connectivity index (χ0n) is 17.4. The van der Waals surface area contributed by atoms with Crippen molar-refractivity contribution in [1.29, 1.82) is 0 Å². The van der Waals surface area contributed by atoms with Crippen molar-refractivity contribution in [3.05, 3.63) is 36.0 Å². The Hall–Kier alpha value is -1.95. The summed E-state index contributed by atoms with van der Waals surface area (Å²) in [4.78, 5) is 13.9. The van der Waals surface area contributed by atoms with Crippen molar-refractivity contribution in [3.63, 3.8) is 0 Å². The molecule has 0 saturated carbocycles. The Labute approximate surface area is 189 Å². The Morgan fingerprint density at radius 2 is 2.00 bits per heavy atom. The topological polar surface area (TPSA) is 83.7 Å². The molecule has 2 aromatic rings. The molecular weight excluding hydrogens is 483 g/mol. The second-order valence-corrected chi connectivity index (χ2v) is 6.80. The lowest BCUT2D eigenvalue weighted by atomic mass is 10.3. The number of anilines is 1. The van der Waals surface area contributed by atoms with Gasteiger partial charge in [0.15, 0.2) is 11.8 Å². The third-order valence-electron chi connectivity index (χ3n) is 4.91. The molecule has 29 heavy (non-hydrogen) atoms. The summed E-state index contributed by atoms with van der Waals surface area (Å²) in [5.41, 5.74) is 0. The average Bonchev–Trinajstić information content (AvgIpc) is 3.06. The molecule has 1 aliphatic heterocycles. The standard InChI is InChI=1S/C19H30N8O.HI/c1-16-23-24-18(25(16)2)15-22-19(21-9-6-14-28-3)27-12-10-26(11-13-27)17-7-4-5-8-20-17;/h4-5,7-8H,6,9-15H2,1-3H3,(H,21,22);1H. The van der Waals surface area contributed by atoms with Crippen molar-refractivity contribution < 1.29 is 4.74 Å². The third-order valence-corrected chi connectivity index (χ3v) is 4.91. The molecule has 10 heteroatoms. The molecule has 9 nitrogen and oxygen atoms in total. The number of hydrogen-bond acceptors (Lipinski definition) is 6. The highest BCUT2D eigenvalue weighted by atomic mass is 127. The van der Waals surface area contributed by atoms with E-state index in [0.717, 1.165) is 69.2 Å². The second kappa shape index (κ2) is 11.9. The van der Waals surface area contributed by atoms with Gasteiger partial charge in [-0.3, -0.25) is 0 Å². The summed E-state index contributed by atoms with van der Waals surface area (Å²) in [6.45, 7) is 7.62. The van der Waals surface area contributed by atoms with Gasteiger partial charge in [0.1, 0.15) is 18.2 Å². The van der Waals surface area contributed by atoms with Crippen LogP contribution in [0.3, 0.4) is 0 Å². The normalized spacial score (nSPS) is 14.7. The van der Waals surface area contributed by atoms with E-state index in [1.807, 2.05) is 36.9 Å². The van der Waals surface area contributed by atoms with Crippen molar-refractivity contribution in [2.75, 3.05) is 51.3 Å². The van der Waals surface area contributed by atoms with E-state index in [1.54, 1.807) is 7.11 Å². The number of aromatic nitrogens is 4. The van der Waals surface area contributed by atoms with E-state index in [0.29, 0.717) is 6.54 Å². The molecule has 0 spiro atoms. The molecule has 1 fully saturated rings. The van der Waals surface area contributed by atoms with Crippen LogP contribution in [0.1, 0.15) is 18.1 Å². The number of aliphatic imine (C=N–C) groups is 1. The van der Waals surface area contributed by atoms with Crippen LogP contribution in [0.15, 0.2) is 29.4 Å². The quantitative estimate of drug-likeness (QED) is 0.259. The summed E-state index contributed by atoms with van der Waals surface area (Å²) in [7, 11) is 3.69.